The molecular formula is C29H37NO5. The average Bonchev–Trinajstić information content (AvgIpc) is 2.97. The molecule has 2 aromatic rings. The van der Waals surface area contributed by atoms with E-state index in [4.69, 9.17) is 14.2 Å². The standard InChI is InChI=1S/C29H37NO5/c1-28(2,3)26(31)34-23-15-16-25-21(19-23)9-7-8-10-24(25)20-11-13-22(14-12-20)33-18-17-30-27(32)35-29(4,5)6/h10-16,19H,7-9,17-18H2,1-6H3,(H,30,32). The van der Waals surface area contributed by atoms with Gasteiger partial charge in [-0.15, -0.1) is 0 Å². The minimum Gasteiger partial charge on any atom is -0.492 e. The van der Waals surface area contributed by atoms with E-state index in [1.165, 1.54) is 11.1 Å². The summed E-state index contributed by atoms with van der Waals surface area (Å²) in [5.74, 6) is 1.09. The largest absolute Gasteiger partial charge is 0.492 e. The zero-order valence-electron chi connectivity index (χ0n) is 21.7. The van der Waals surface area contributed by atoms with Crippen LogP contribution in [0.1, 0.15) is 71.1 Å². The maximum Gasteiger partial charge on any atom is 0.407 e. The van der Waals surface area contributed by atoms with E-state index < -0.39 is 17.1 Å². The average molecular weight is 480 g/mol. The third kappa shape index (κ3) is 7.88. The van der Waals surface area contributed by atoms with Crippen LogP contribution in [-0.2, 0) is 16.0 Å². The Hall–Kier alpha value is -3.28. The third-order valence-electron chi connectivity index (χ3n) is 5.39. The van der Waals surface area contributed by atoms with Crippen LogP contribution >= 0.6 is 0 Å². The van der Waals surface area contributed by atoms with Crippen molar-refractivity contribution < 1.29 is 23.8 Å². The molecule has 0 saturated carbocycles. The molecular weight excluding hydrogens is 442 g/mol. The number of carbonyl (C=O) groups is 2. The summed E-state index contributed by atoms with van der Waals surface area (Å²) in [7, 11) is 0. The summed E-state index contributed by atoms with van der Waals surface area (Å²) in [6.07, 6.45) is 4.77. The number of carbonyl (C=O) groups excluding carboxylic acids is 2. The molecule has 0 spiro atoms. The number of amides is 1. The summed E-state index contributed by atoms with van der Waals surface area (Å²) in [4.78, 5) is 24.0. The first-order valence-electron chi connectivity index (χ1n) is 12.2. The molecule has 0 atom stereocenters. The molecule has 0 radical (unpaired) electrons. The molecule has 0 bridgehead atoms. The number of ether oxygens (including phenoxy) is 3. The monoisotopic (exact) mass is 479 g/mol. The van der Waals surface area contributed by atoms with Crippen molar-refractivity contribution in [3.63, 3.8) is 0 Å². The van der Waals surface area contributed by atoms with Crippen LogP contribution in [0.3, 0.4) is 0 Å². The van der Waals surface area contributed by atoms with Crippen LogP contribution in [0.5, 0.6) is 11.5 Å². The quantitative estimate of drug-likeness (QED) is 0.299. The third-order valence-corrected chi connectivity index (χ3v) is 5.39. The lowest BCUT2D eigenvalue weighted by molar-refractivity contribution is -0.143. The molecule has 0 aromatic heterocycles. The fraction of sp³-hybridized carbons (Fsp3) is 0.448. The van der Waals surface area contributed by atoms with Gasteiger partial charge in [-0.25, -0.2) is 4.79 Å². The Kier molecular flexibility index (Phi) is 8.26. The van der Waals surface area contributed by atoms with E-state index in [0.29, 0.717) is 18.9 Å². The molecule has 0 heterocycles. The van der Waals surface area contributed by atoms with Crippen LogP contribution < -0.4 is 14.8 Å². The van der Waals surface area contributed by atoms with E-state index in [9.17, 15) is 9.59 Å². The summed E-state index contributed by atoms with van der Waals surface area (Å²) >= 11 is 0. The molecule has 35 heavy (non-hydrogen) atoms. The zero-order valence-corrected chi connectivity index (χ0v) is 21.7. The van der Waals surface area contributed by atoms with Crippen molar-refractivity contribution in [3.8, 4) is 11.5 Å². The number of alkyl carbamates (subject to hydrolysis) is 1. The van der Waals surface area contributed by atoms with Gasteiger partial charge in [-0.05, 0) is 107 Å². The number of rotatable bonds is 6. The Bertz CT molecular complexity index is 1070. The molecule has 0 aliphatic heterocycles. The molecule has 6 nitrogen and oxygen atoms in total. The van der Waals surface area contributed by atoms with E-state index in [0.717, 1.165) is 36.1 Å². The first-order chi connectivity index (χ1) is 16.4. The van der Waals surface area contributed by atoms with Gasteiger partial charge in [-0.3, -0.25) is 4.79 Å². The molecule has 0 saturated heterocycles. The second-order valence-corrected chi connectivity index (χ2v) is 10.8. The van der Waals surface area contributed by atoms with Gasteiger partial charge in [-0.2, -0.15) is 0 Å². The first-order valence-corrected chi connectivity index (χ1v) is 12.2. The van der Waals surface area contributed by atoms with Gasteiger partial charge >= 0.3 is 12.1 Å². The minimum atomic E-state index is -0.548. The number of allylic oxidation sites excluding steroid dienone is 1. The smallest absolute Gasteiger partial charge is 0.407 e. The number of benzene rings is 2. The Morgan fingerprint density at radius 1 is 0.943 bits per heavy atom. The SMILES string of the molecule is CC(C)(C)OC(=O)NCCOc1ccc(C2=CCCCc3cc(OC(=O)C(C)(C)C)ccc32)cc1. The van der Waals surface area contributed by atoms with Gasteiger partial charge in [0.2, 0.25) is 0 Å². The molecule has 0 unspecified atom stereocenters. The number of fused-ring (bicyclic) bond motifs is 1. The zero-order chi connectivity index (χ0) is 25.6. The summed E-state index contributed by atoms with van der Waals surface area (Å²) in [5.41, 5.74) is 3.55. The summed E-state index contributed by atoms with van der Waals surface area (Å²) in [6.45, 7) is 11.7. The Morgan fingerprint density at radius 3 is 2.29 bits per heavy atom. The molecule has 1 aliphatic carbocycles. The van der Waals surface area contributed by atoms with E-state index in [2.05, 4.69) is 11.4 Å². The molecule has 2 aromatic carbocycles. The van der Waals surface area contributed by atoms with Gasteiger partial charge in [0.15, 0.2) is 0 Å². The lowest BCUT2D eigenvalue weighted by Crippen LogP contribution is -2.34. The molecule has 188 valence electrons. The Morgan fingerprint density at radius 2 is 1.63 bits per heavy atom. The minimum absolute atomic E-state index is 0.237. The maximum atomic E-state index is 12.3. The van der Waals surface area contributed by atoms with Crippen LogP contribution in [0.2, 0.25) is 0 Å². The van der Waals surface area contributed by atoms with Crippen molar-refractivity contribution in [2.24, 2.45) is 5.41 Å². The highest BCUT2D eigenvalue weighted by molar-refractivity contribution is 5.83. The first kappa shape index (κ1) is 26.3. The molecule has 6 heteroatoms. The van der Waals surface area contributed by atoms with Gasteiger partial charge in [0.25, 0.3) is 0 Å². The summed E-state index contributed by atoms with van der Waals surface area (Å²) < 4.78 is 16.6. The van der Waals surface area contributed by atoms with E-state index in [1.807, 2.05) is 84.0 Å². The van der Waals surface area contributed by atoms with Crippen molar-refractivity contribution >= 4 is 17.6 Å². The molecule has 0 fully saturated rings. The summed E-state index contributed by atoms with van der Waals surface area (Å²) in [6, 6.07) is 13.9. The summed E-state index contributed by atoms with van der Waals surface area (Å²) in [5, 5.41) is 2.69. The lowest BCUT2D eigenvalue weighted by atomic mass is 9.93. The van der Waals surface area contributed by atoms with Gasteiger partial charge in [-0.1, -0.05) is 24.3 Å². The highest BCUT2D eigenvalue weighted by Gasteiger charge is 2.24. The van der Waals surface area contributed by atoms with Crippen molar-refractivity contribution in [2.45, 2.75) is 66.4 Å². The van der Waals surface area contributed by atoms with Crippen LogP contribution in [0, 0.1) is 5.41 Å². The molecule has 1 aliphatic rings. The fourth-order valence-electron chi connectivity index (χ4n) is 3.65. The van der Waals surface area contributed by atoms with Crippen LogP contribution in [0.4, 0.5) is 4.79 Å². The Labute approximate surface area is 208 Å². The van der Waals surface area contributed by atoms with Gasteiger partial charge < -0.3 is 19.5 Å². The van der Waals surface area contributed by atoms with Crippen molar-refractivity contribution in [1.29, 1.82) is 0 Å². The fourth-order valence-corrected chi connectivity index (χ4v) is 3.65. The normalized spacial score (nSPS) is 13.7. The van der Waals surface area contributed by atoms with E-state index >= 15 is 0 Å². The van der Waals surface area contributed by atoms with Gasteiger partial charge in [0.1, 0.15) is 23.7 Å². The van der Waals surface area contributed by atoms with Gasteiger partial charge in [0, 0.05) is 0 Å². The topological polar surface area (TPSA) is 73.9 Å². The second-order valence-electron chi connectivity index (χ2n) is 10.8. The predicted octanol–water partition coefficient (Wildman–Crippen LogP) is 6.31. The van der Waals surface area contributed by atoms with Crippen LogP contribution in [0.15, 0.2) is 48.5 Å². The van der Waals surface area contributed by atoms with Crippen molar-refractivity contribution in [3.05, 3.63) is 65.2 Å². The van der Waals surface area contributed by atoms with Gasteiger partial charge in [0.05, 0.1) is 12.0 Å². The van der Waals surface area contributed by atoms with E-state index in [1.54, 1.807) is 0 Å². The van der Waals surface area contributed by atoms with Crippen molar-refractivity contribution in [2.75, 3.05) is 13.2 Å². The number of nitrogens with one attached hydrogen (secondary N) is 1. The van der Waals surface area contributed by atoms with E-state index in [-0.39, 0.29) is 5.97 Å². The molecule has 1 amide bonds. The second kappa shape index (κ2) is 11.0. The number of aryl methyl sites for hydroxylation is 1. The maximum absolute atomic E-state index is 12.3. The molecule has 3 rings (SSSR count). The van der Waals surface area contributed by atoms with Crippen LogP contribution in [-0.4, -0.2) is 30.8 Å². The highest BCUT2D eigenvalue weighted by atomic mass is 16.6. The van der Waals surface area contributed by atoms with Crippen molar-refractivity contribution in [1.82, 2.24) is 5.32 Å². The number of hydrogen-bond acceptors (Lipinski definition) is 5. The number of esters is 1. The molecule has 1 N–H and O–H groups in total. The predicted molar refractivity (Wildman–Crippen MR) is 138 cm³/mol. The number of hydrogen-bond donors (Lipinski definition) is 1. The lowest BCUT2D eigenvalue weighted by Gasteiger charge is -2.19. The Balaban J connectivity index is 1.64. The highest BCUT2D eigenvalue weighted by Crippen LogP contribution is 2.34. The van der Waals surface area contributed by atoms with Crippen LogP contribution in [0.25, 0.3) is 5.57 Å².